The van der Waals surface area contributed by atoms with Gasteiger partial charge in [0, 0.05) is 11.7 Å². The number of hydrogen-bond acceptors (Lipinski definition) is 3. The van der Waals surface area contributed by atoms with Gasteiger partial charge in [-0.15, -0.1) is 0 Å². The van der Waals surface area contributed by atoms with Gasteiger partial charge in [-0.3, -0.25) is 0 Å². The molecule has 0 bridgehead atoms. The third-order valence-corrected chi connectivity index (χ3v) is 4.46. The highest BCUT2D eigenvalue weighted by atomic mass is 32.2. The van der Waals surface area contributed by atoms with Crippen molar-refractivity contribution < 1.29 is 8.42 Å². The highest BCUT2D eigenvalue weighted by molar-refractivity contribution is 7.91. The summed E-state index contributed by atoms with van der Waals surface area (Å²) in [6, 6.07) is 15.6. The van der Waals surface area contributed by atoms with Crippen LogP contribution in [0.25, 0.3) is 0 Å². The maximum atomic E-state index is 12.3. The molecule has 0 fully saturated rings. The zero-order valence-corrected chi connectivity index (χ0v) is 13.8. The van der Waals surface area contributed by atoms with Crippen LogP contribution in [-0.2, 0) is 9.84 Å². The molecule has 2 aromatic carbocycles. The molecule has 0 aromatic heterocycles. The van der Waals surface area contributed by atoms with Crippen molar-refractivity contribution in [3.63, 3.8) is 0 Å². The molecule has 0 amide bonds. The summed E-state index contributed by atoms with van der Waals surface area (Å²) >= 11 is 0. The van der Waals surface area contributed by atoms with E-state index in [2.05, 4.69) is 5.32 Å². The summed E-state index contributed by atoms with van der Waals surface area (Å²) in [5.74, 6) is 0. The normalized spacial score (nSPS) is 10.7. The number of anilines is 1. The largest absolute Gasteiger partial charge is 0.383 e. The van der Waals surface area contributed by atoms with E-state index in [-0.39, 0.29) is 0 Å². The summed E-state index contributed by atoms with van der Waals surface area (Å²) < 4.78 is 24.7. The fraction of sp³-hybridized carbons (Fsp3) is 0.294. The van der Waals surface area contributed by atoms with E-state index in [4.69, 9.17) is 0 Å². The van der Waals surface area contributed by atoms with Crippen molar-refractivity contribution in [2.75, 3.05) is 5.32 Å². The minimum absolute atomic E-state index is 0.313. The van der Waals surface area contributed by atoms with Crippen LogP contribution in [0.5, 0.6) is 0 Å². The third kappa shape index (κ3) is 4.60. The number of sulfone groups is 1. The molecule has 2 aromatic rings. The lowest BCUT2D eigenvalue weighted by atomic mass is 10.3. The van der Waals surface area contributed by atoms with Crippen LogP contribution in [0.2, 0.25) is 0 Å². The predicted molar refractivity (Wildman–Crippen MR) is 88.4 cm³/mol. The maximum Gasteiger partial charge on any atom is 0.206 e. The van der Waals surface area contributed by atoms with Crippen molar-refractivity contribution in [2.24, 2.45) is 0 Å². The molecular formula is C17H23NO2S. The molecule has 0 heterocycles. The molecule has 2 rings (SSSR count). The van der Waals surface area contributed by atoms with Gasteiger partial charge < -0.3 is 5.32 Å². The zero-order chi connectivity index (χ0) is 15.9. The second-order valence-corrected chi connectivity index (χ2v) is 6.59. The summed E-state index contributed by atoms with van der Waals surface area (Å²) in [7, 11) is -3.41. The molecule has 4 heteroatoms. The molecule has 3 nitrogen and oxygen atoms in total. The Balaban J connectivity index is 0.00000106. The first-order chi connectivity index (χ1) is 10.00. The molecule has 0 aliphatic carbocycles. The minimum Gasteiger partial charge on any atom is -0.383 e. The van der Waals surface area contributed by atoms with Crippen molar-refractivity contribution in [3.05, 3.63) is 54.6 Å². The van der Waals surface area contributed by atoms with Crippen LogP contribution in [0.4, 0.5) is 5.69 Å². The fourth-order valence-electron chi connectivity index (χ4n) is 1.80. The first-order valence-corrected chi connectivity index (χ1v) is 8.65. The Labute approximate surface area is 127 Å². The van der Waals surface area contributed by atoms with Gasteiger partial charge in [-0.2, -0.15) is 0 Å². The highest BCUT2D eigenvalue weighted by Gasteiger charge is 2.16. The van der Waals surface area contributed by atoms with Gasteiger partial charge in [0.15, 0.2) is 0 Å². The Kier molecular flexibility index (Phi) is 6.43. The topological polar surface area (TPSA) is 46.2 Å². The molecule has 0 atom stereocenters. The Hall–Kier alpha value is -1.81. The Morgan fingerprint density at radius 1 is 0.810 bits per heavy atom. The molecule has 0 spiro atoms. The van der Waals surface area contributed by atoms with E-state index in [0.717, 1.165) is 5.69 Å². The van der Waals surface area contributed by atoms with Crippen LogP contribution in [-0.4, -0.2) is 14.5 Å². The Bertz CT molecular complexity index is 632. The van der Waals surface area contributed by atoms with E-state index in [1.54, 1.807) is 54.6 Å². The maximum absolute atomic E-state index is 12.3. The van der Waals surface area contributed by atoms with E-state index >= 15 is 0 Å². The third-order valence-electron chi connectivity index (χ3n) is 2.67. The average Bonchev–Trinajstić information content (AvgIpc) is 2.50. The van der Waals surface area contributed by atoms with E-state index in [9.17, 15) is 8.42 Å². The molecule has 114 valence electrons. The standard InChI is InChI=1S/C15H17NO2S.C2H6/c1-12(2)16-13-8-10-15(11-9-13)19(17,18)14-6-4-3-5-7-14;1-2/h3-12,16H,1-2H3;1-2H3. The van der Waals surface area contributed by atoms with Crippen LogP contribution in [0.15, 0.2) is 64.4 Å². The molecular weight excluding hydrogens is 282 g/mol. The van der Waals surface area contributed by atoms with Crippen LogP contribution in [0.1, 0.15) is 27.7 Å². The quantitative estimate of drug-likeness (QED) is 0.912. The summed E-state index contributed by atoms with van der Waals surface area (Å²) in [6.07, 6.45) is 0. The summed E-state index contributed by atoms with van der Waals surface area (Å²) in [5.41, 5.74) is 0.919. The van der Waals surface area contributed by atoms with Crippen LogP contribution in [0, 0.1) is 0 Å². The summed E-state index contributed by atoms with van der Waals surface area (Å²) in [5, 5.41) is 3.23. The van der Waals surface area contributed by atoms with Gasteiger partial charge in [0.05, 0.1) is 9.79 Å². The Morgan fingerprint density at radius 3 is 1.76 bits per heavy atom. The average molecular weight is 305 g/mol. The van der Waals surface area contributed by atoms with Gasteiger partial charge in [0.2, 0.25) is 9.84 Å². The highest BCUT2D eigenvalue weighted by Crippen LogP contribution is 2.22. The first-order valence-electron chi connectivity index (χ1n) is 7.17. The van der Waals surface area contributed by atoms with E-state index < -0.39 is 9.84 Å². The molecule has 0 radical (unpaired) electrons. The zero-order valence-electron chi connectivity index (χ0n) is 13.0. The smallest absolute Gasteiger partial charge is 0.206 e. The number of rotatable bonds is 4. The van der Waals surface area contributed by atoms with Gasteiger partial charge in [-0.25, -0.2) is 8.42 Å². The van der Waals surface area contributed by atoms with Crippen LogP contribution < -0.4 is 5.32 Å². The lowest BCUT2D eigenvalue weighted by Gasteiger charge is -2.10. The fourth-order valence-corrected chi connectivity index (χ4v) is 3.08. The molecule has 0 saturated carbocycles. The van der Waals surface area contributed by atoms with Crippen molar-refractivity contribution in [3.8, 4) is 0 Å². The van der Waals surface area contributed by atoms with Crippen molar-refractivity contribution in [1.29, 1.82) is 0 Å². The van der Waals surface area contributed by atoms with Crippen LogP contribution in [0.3, 0.4) is 0 Å². The summed E-state index contributed by atoms with van der Waals surface area (Å²) in [4.78, 5) is 0.632. The van der Waals surface area contributed by atoms with Crippen molar-refractivity contribution >= 4 is 15.5 Å². The van der Waals surface area contributed by atoms with E-state index in [1.807, 2.05) is 27.7 Å². The number of nitrogens with one attached hydrogen (secondary N) is 1. The van der Waals surface area contributed by atoms with Crippen molar-refractivity contribution in [1.82, 2.24) is 0 Å². The number of hydrogen-bond donors (Lipinski definition) is 1. The lowest BCUT2D eigenvalue weighted by Crippen LogP contribution is -2.09. The molecule has 0 saturated heterocycles. The molecule has 21 heavy (non-hydrogen) atoms. The van der Waals surface area contributed by atoms with Gasteiger partial charge in [0.1, 0.15) is 0 Å². The van der Waals surface area contributed by atoms with Gasteiger partial charge in [-0.1, -0.05) is 32.0 Å². The van der Waals surface area contributed by atoms with Crippen LogP contribution >= 0.6 is 0 Å². The monoisotopic (exact) mass is 305 g/mol. The lowest BCUT2D eigenvalue weighted by molar-refractivity contribution is 0.596. The van der Waals surface area contributed by atoms with E-state index in [1.165, 1.54) is 0 Å². The molecule has 1 N–H and O–H groups in total. The van der Waals surface area contributed by atoms with E-state index in [0.29, 0.717) is 15.8 Å². The second kappa shape index (κ2) is 7.84. The summed E-state index contributed by atoms with van der Waals surface area (Å²) in [6.45, 7) is 8.07. The minimum atomic E-state index is -3.41. The molecule has 0 unspecified atom stereocenters. The van der Waals surface area contributed by atoms with Crippen molar-refractivity contribution in [2.45, 2.75) is 43.5 Å². The molecule has 0 aliphatic heterocycles. The molecule has 0 aliphatic rings. The van der Waals surface area contributed by atoms with Gasteiger partial charge in [-0.05, 0) is 50.2 Å². The first kappa shape index (κ1) is 17.2. The predicted octanol–water partition coefficient (Wildman–Crippen LogP) is 4.37. The number of benzene rings is 2. The SMILES string of the molecule is CC.CC(C)Nc1ccc(S(=O)(=O)c2ccccc2)cc1. The second-order valence-electron chi connectivity index (χ2n) is 4.64. The Morgan fingerprint density at radius 2 is 1.29 bits per heavy atom. The van der Waals surface area contributed by atoms with Gasteiger partial charge in [0.25, 0.3) is 0 Å². The van der Waals surface area contributed by atoms with Gasteiger partial charge >= 0.3 is 0 Å².